The van der Waals surface area contributed by atoms with Gasteiger partial charge in [-0.05, 0) is 42.9 Å². The van der Waals surface area contributed by atoms with E-state index in [9.17, 15) is 9.90 Å². The molecule has 158 valence electrons. The van der Waals surface area contributed by atoms with E-state index in [1.165, 1.54) is 0 Å². The van der Waals surface area contributed by atoms with Gasteiger partial charge in [0.1, 0.15) is 11.6 Å². The number of hydrogen-bond acceptors (Lipinski definition) is 6. The molecule has 0 spiro atoms. The van der Waals surface area contributed by atoms with Crippen LogP contribution >= 0.6 is 0 Å². The molecule has 1 aliphatic heterocycles. The van der Waals surface area contributed by atoms with E-state index >= 15 is 8.78 Å². The first kappa shape index (κ1) is 21.1. The van der Waals surface area contributed by atoms with E-state index in [-0.39, 0.29) is 37.7 Å². The molecule has 2 heterocycles. The number of aromatic nitrogens is 2. The largest absolute Gasteiger partial charge is 0.422 e. The molecule has 0 aromatic carbocycles. The van der Waals surface area contributed by atoms with Gasteiger partial charge in [0.2, 0.25) is 11.8 Å². The van der Waals surface area contributed by atoms with Gasteiger partial charge in [-0.3, -0.25) is 4.79 Å². The van der Waals surface area contributed by atoms with E-state index in [0.29, 0.717) is 19.3 Å². The summed E-state index contributed by atoms with van der Waals surface area (Å²) in [7, 11) is 0. The highest BCUT2D eigenvalue weighted by Crippen LogP contribution is 2.55. The molecule has 1 saturated carbocycles. The van der Waals surface area contributed by atoms with E-state index in [2.05, 4.69) is 10.2 Å². The second-order valence-corrected chi connectivity index (χ2v) is 9.86. The fourth-order valence-electron chi connectivity index (χ4n) is 5.42. The van der Waals surface area contributed by atoms with Crippen LogP contribution in [-0.2, 0) is 11.3 Å². The van der Waals surface area contributed by atoms with E-state index < -0.39 is 34.3 Å². The van der Waals surface area contributed by atoms with E-state index in [0.717, 1.165) is 4.90 Å². The number of halogens is 2. The first-order chi connectivity index (χ1) is 12.8. The first-order valence-electron chi connectivity index (χ1n) is 9.74. The number of carbonyl (C=O) groups is 1. The summed E-state index contributed by atoms with van der Waals surface area (Å²) in [6, 6.07) is -0.723. The maximum Gasteiger partial charge on any atom is 0.352 e. The van der Waals surface area contributed by atoms with Gasteiger partial charge in [-0.2, -0.15) is 8.78 Å². The third-order valence-electron chi connectivity index (χ3n) is 5.81. The molecule has 7 nitrogen and oxygen atoms in total. The van der Waals surface area contributed by atoms with Crippen LogP contribution in [0.3, 0.4) is 0 Å². The van der Waals surface area contributed by atoms with Crippen molar-refractivity contribution in [1.29, 1.82) is 0 Å². The van der Waals surface area contributed by atoms with Crippen molar-refractivity contribution in [2.24, 2.45) is 16.6 Å². The summed E-state index contributed by atoms with van der Waals surface area (Å²) in [4.78, 5) is 14.0. The number of hydrogen-bond donors (Lipinski definition) is 2. The first-order valence-corrected chi connectivity index (χ1v) is 9.74. The van der Waals surface area contributed by atoms with Gasteiger partial charge in [-0.25, -0.2) is 0 Å². The third kappa shape index (κ3) is 3.66. The maximum atomic E-state index is 15.5. The molecule has 2 fully saturated rings. The van der Waals surface area contributed by atoms with E-state index in [1.807, 2.05) is 27.7 Å². The van der Waals surface area contributed by atoms with Crippen LogP contribution < -0.4 is 5.73 Å². The lowest BCUT2D eigenvalue weighted by molar-refractivity contribution is -0.231. The van der Waals surface area contributed by atoms with Gasteiger partial charge < -0.3 is 20.2 Å². The Bertz CT molecular complexity index is 731. The van der Waals surface area contributed by atoms with Crippen LogP contribution in [0.1, 0.15) is 77.6 Å². The summed E-state index contributed by atoms with van der Waals surface area (Å²) < 4.78 is 36.3. The van der Waals surface area contributed by atoms with Crippen LogP contribution in [0.5, 0.6) is 0 Å². The minimum Gasteiger partial charge on any atom is -0.422 e. The monoisotopic (exact) mass is 400 g/mol. The van der Waals surface area contributed by atoms with Gasteiger partial charge in [-0.15, -0.1) is 10.2 Å². The third-order valence-corrected chi connectivity index (χ3v) is 5.81. The lowest BCUT2D eigenvalue weighted by Crippen LogP contribution is -2.62. The van der Waals surface area contributed by atoms with Crippen LogP contribution in [0, 0.1) is 10.8 Å². The van der Waals surface area contributed by atoms with Crippen molar-refractivity contribution in [2.45, 2.75) is 83.9 Å². The van der Waals surface area contributed by atoms with Crippen molar-refractivity contribution in [3.05, 3.63) is 11.8 Å². The quantitative estimate of drug-likeness (QED) is 0.805. The zero-order chi connectivity index (χ0) is 21.0. The Kier molecular flexibility index (Phi) is 5.07. The highest BCUT2D eigenvalue weighted by molar-refractivity contribution is 5.85. The Morgan fingerprint density at radius 3 is 2.39 bits per heavy atom. The predicted molar refractivity (Wildman–Crippen MR) is 97.2 cm³/mol. The minimum absolute atomic E-state index is 0.0355. The van der Waals surface area contributed by atoms with Gasteiger partial charge in [0.25, 0.3) is 5.91 Å². The zero-order valence-corrected chi connectivity index (χ0v) is 17.0. The number of nitrogens with two attached hydrogens (primary N) is 1. The molecule has 2 aliphatic rings. The lowest BCUT2D eigenvalue weighted by atomic mass is 9.58. The molecular weight excluding hydrogens is 370 g/mol. The van der Waals surface area contributed by atoms with Gasteiger partial charge >= 0.3 is 5.92 Å². The number of carbonyl (C=O) groups excluding carboxylic acids is 1. The van der Waals surface area contributed by atoms with Crippen LogP contribution in [0.2, 0.25) is 0 Å². The summed E-state index contributed by atoms with van der Waals surface area (Å²) in [5.74, 6) is -4.99. The number of aliphatic hydroxyl groups is 1. The zero-order valence-electron chi connectivity index (χ0n) is 17.0. The molecule has 1 saturated heterocycles. The summed E-state index contributed by atoms with van der Waals surface area (Å²) in [5, 5.41) is 18.7. The molecule has 28 heavy (non-hydrogen) atoms. The molecule has 1 atom stereocenters. The van der Waals surface area contributed by atoms with Crippen LogP contribution in [0.15, 0.2) is 4.42 Å². The molecule has 0 bridgehead atoms. The SMILES string of the molecule is CC1(C)CC(C)(C)CC(O)(C(F)(F)C(=O)N2CCC[C@H]2c2nnc(CN)o2)C1. The standard InChI is InChI=1S/C19H30F2N4O3/c1-16(2)9-17(3,4)11-18(27,10-16)19(20,21)15(26)25-7-5-6-12(25)14-24-23-13(8-22)28-14/h12,27H,5-11,22H2,1-4H3/t12-/m0/s1. The van der Waals surface area contributed by atoms with Crippen molar-refractivity contribution >= 4 is 5.91 Å². The number of nitrogens with zero attached hydrogens (tertiary/aromatic N) is 3. The van der Waals surface area contributed by atoms with Gasteiger partial charge in [0.15, 0.2) is 0 Å². The summed E-state index contributed by atoms with van der Waals surface area (Å²) >= 11 is 0. The Morgan fingerprint density at radius 1 is 1.25 bits per heavy atom. The Labute approximate surface area is 163 Å². The van der Waals surface area contributed by atoms with Crippen molar-refractivity contribution in [2.75, 3.05) is 6.54 Å². The fourth-order valence-corrected chi connectivity index (χ4v) is 5.42. The highest BCUT2D eigenvalue weighted by atomic mass is 19.3. The normalized spacial score (nSPS) is 26.4. The highest BCUT2D eigenvalue weighted by Gasteiger charge is 2.65. The summed E-state index contributed by atoms with van der Waals surface area (Å²) in [6.45, 7) is 7.60. The molecule has 3 N–H and O–H groups in total. The molecule has 1 aromatic heterocycles. The number of alkyl halides is 2. The number of rotatable bonds is 4. The van der Waals surface area contributed by atoms with Crippen molar-refractivity contribution in [3.8, 4) is 0 Å². The number of amides is 1. The molecule has 0 unspecified atom stereocenters. The molecule has 1 amide bonds. The smallest absolute Gasteiger partial charge is 0.352 e. The Balaban J connectivity index is 1.89. The van der Waals surface area contributed by atoms with Crippen molar-refractivity contribution in [3.63, 3.8) is 0 Å². The molecule has 1 aromatic rings. The van der Waals surface area contributed by atoms with Crippen LogP contribution in [0.25, 0.3) is 0 Å². The van der Waals surface area contributed by atoms with E-state index in [1.54, 1.807) is 0 Å². The Morgan fingerprint density at radius 2 is 1.86 bits per heavy atom. The van der Waals surface area contributed by atoms with Crippen molar-refractivity contribution in [1.82, 2.24) is 15.1 Å². The average molecular weight is 400 g/mol. The van der Waals surface area contributed by atoms with Gasteiger partial charge in [0, 0.05) is 6.54 Å². The average Bonchev–Trinajstić information content (AvgIpc) is 3.19. The molecule has 9 heteroatoms. The molecule has 3 rings (SSSR count). The van der Waals surface area contributed by atoms with Crippen LogP contribution in [0.4, 0.5) is 8.78 Å². The predicted octanol–water partition coefficient (Wildman–Crippen LogP) is 2.79. The van der Waals surface area contributed by atoms with Gasteiger partial charge in [0.05, 0.1) is 6.54 Å². The second kappa shape index (κ2) is 6.73. The summed E-state index contributed by atoms with van der Waals surface area (Å²) in [5.41, 5.74) is 2.04. The molecular formula is C19H30F2N4O3. The number of likely N-dealkylation sites (tertiary alicyclic amines) is 1. The van der Waals surface area contributed by atoms with Gasteiger partial charge in [-0.1, -0.05) is 27.7 Å². The Hall–Kier alpha value is -1.61. The lowest BCUT2D eigenvalue weighted by Gasteiger charge is -2.51. The minimum atomic E-state index is -3.92. The van der Waals surface area contributed by atoms with Crippen molar-refractivity contribution < 1.29 is 23.1 Å². The van der Waals surface area contributed by atoms with E-state index in [4.69, 9.17) is 10.2 Å². The molecule has 0 radical (unpaired) electrons. The maximum absolute atomic E-state index is 15.5. The topological polar surface area (TPSA) is 105 Å². The fraction of sp³-hybridized carbons (Fsp3) is 0.842. The van der Waals surface area contributed by atoms with Crippen LogP contribution in [-0.4, -0.2) is 44.2 Å². The summed E-state index contributed by atoms with van der Waals surface area (Å²) in [6.07, 6.45) is 1.41. The second-order valence-electron chi connectivity index (χ2n) is 9.86. The molecule has 1 aliphatic carbocycles.